The van der Waals surface area contributed by atoms with Crippen LogP contribution in [0.1, 0.15) is 77.0 Å². The van der Waals surface area contributed by atoms with Crippen molar-refractivity contribution in [3.63, 3.8) is 0 Å². The molecule has 6 unspecified atom stereocenters. The Kier molecular flexibility index (Phi) is 13.6. The molecule has 1 N–H and O–H groups in total. The maximum absolute atomic E-state index is 13.2. The van der Waals surface area contributed by atoms with E-state index in [4.69, 9.17) is 33.5 Å². The van der Waals surface area contributed by atoms with Crippen molar-refractivity contribution >= 4 is 11.8 Å². The number of unbranched alkanes of at least 4 members (excludes halogenated alkanes) is 2. The minimum atomic E-state index is -0.773. The van der Waals surface area contributed by atoms with Crippen LogP contribution in [0, 0.1) is 5.92 Å². The fourth-order valence-electron chi connectivity index (χ4n) is 5.52. The van der Waals surface area contributed by atoms with Crippen molar-refractivity contribution in [1.82, 2.24) is 0 Å². The summed E-state index contributed by atoms with van der Waals surface area (Å²) in [6.07, 6.45) is 11.3. The van der Waals surface area contributed by atoms with E-state index >= 15 is 0 Å². The number of carboxylic acid groups (broad SMARTS) is 1. The van der Waals surface area contributed by atoms with Gasteiger partial charge < -0.3 is 33.5 Å². The van der Waals surface area contributed by atoms with Crippen molar-refractivity contribution in [2.45, 2.75) is 108 Å². The molecule has 6 atom stereocenters. The van der Waals surface area contributed by atoms with E-state index in [9.17, 15) is 9.59 Å². The molecule has 2 heterocycles. The number of benzene rings is 1. The van der Waals surface area contributed by atoms with Gasteiger partial charge in [-0.1, -0.05) is 30.4 Å². The van der Waals surface area contributed by atoms with Crippen LogP contribution in [0.25, 0.3) is 0 Å². The number of allylic oxidation sites excluding steroid dienone is 2. The van der Waals surface area contributed by atoms with Gasteiger partial charge in [0.15, 0.2) is 12.6 Å². The molecule has 3 aliphatic rings. The summed E-state index contributed by atoms with van der Waals surface area (Å²) in [4.78, 5) is 23.9. The molecule has 0 radical (unpaired) electrons. The van der Waals surface area contributed by atoms with Crippen LogP contribution in [0.4, 0.5) is 0 Å². The van der Waals surface area contributed by atoms with Crippen molar-refractivity contribution in [3.05, 3.63) is 42.5 Å². The lowest BCUT2D eigenvalue weighted by molar-refractivity contribution is -0.226. The molecule has 2 saturated heterocycles. The van der Waals surface area contributed by atoms with E-state index in [0.717, 1.165) is 57.1 Å². The Morgan fingerprint density at radius 3 is 2.44 bits per heavy atom. The van der Waals surface area contributed by atoms with Crippen LogP contribution >= 0.6 is 0 Å². The molecule has 0 amide bonds. The number of carbonyl (C=O) groups excluding carboxylic acids is 1. The van der Waals surface area contributed by atoms with Crippen molar-refractivity contribution in [2.75, 3.05) is 26.4 Å². The van der Waals surface area contributed by atoms with Gasteiger partial charge in [0.05, 0.1) is 24.7 Å². The number of carboxylic acids is 1. The van der Waals surface area contributed by atoms with Crippen LogP contribution in [0.5, 0.6) is 5.75 Å². The summed E-state index contributed by atoms with van der Waals surface area (Å²) in [7, 11) is 0. The average molecular weight is 575 g/mol. The first kappa shape index (κ1) is 31.6. The number of aliphatic carboxylic acids is 1. The van der Waals surface area contributed by atoms with Crippen LogP contribution < -0.4 is 4.74 Å². The molecule has 41 heavy (non-hydrogen) atoms. The summed E-state index contributed by atoms with van der Waals surface area (Å²) >= 11 is 0. The molecular weight excluding hydrogens is 528 g/mol. The smallest absolute Gasteiger partial charge is 0.303 e. The predicted octanol–water partition coefficient (Wildman–Crippen LogP) is 5.45. The van der Waals surface area contributed by atoms with Crippen LogP contribution in [0.2, 0.25) is 0 Å². The lowest BCUT2D eigenvalue weighted by Crippen LogP contribution is -2.40. The fourth-order valence-corrected chi connectivity index (χ4v) is 5.52. The van der Waals surface area contributed by atoms with Gasteiger partial charge in [-0.3, -0.25) is 9.59 Å². The maximum atomic E-state index is 13.2. The number of hydrogen-bond acceptors (Lipinski definition) is 8. The number of Topliss-reactive ketones (excluding diaryl/α,β-unsaturated/α-hetero) is 1. The zero-order valence-electron chi connectivity index (χ0n) is 24.0. The van der Waals surface area contributed by atoms with E-state index in [1.54, 1.807) is 0 Å². The molecule has 0 bridgehead atoms. The van der Waals surface area contributed by atoms with E-state index in [1.165, 1.54) is 0 Å². The van der Waals surface area contributed by atoms with Crippen LogP contribution in [0.15, 0.2) is 42.5 Å². The summed E-state index contributed by atoms with van der Waals surface area (Å²) in [5.41, 5.74) is 0. The minimum absolute atomic E-state index is 0.125. The van der Waals surface area contributed by atoms with E-state index in [-0.39, 0.29) is 49.5 Å². The largest absolute Gasteiger partial charge is 0.491 e. The first-order valence-electron chi connectivity index (χ1n) is 15.3. The second-order valence-electron chi connectivity index (χ2n) is 11.1. The molecule has 1 aromatic carbocycles. The highest BCUT2D eigenvalue weighted by atomic mass is 16.7. The quantitative estimate of drug-likeness (QED) is 0.192. The summed E-state index contributed by atoms with van der Waals surface area (Å²) < 4.78 is 36.8. The highest BCUT2D eigenvalue weighted by Gasteiger charge is 2.45. The lowest BCUT2D eigenvalue weighted by atomic mass is 9.99. The third-order valence-corrected chi connectivity index (χ3v) is 7.75. The summed E-state index contributed by atoms with van der Waals surface area (Å²) in [5.74, 6) is -0.228. The zero-order valence-corrected chi connectivity index (χ0v) is 24.0. The van der Waals surface area contributed by atoms with Gasteiger partial charge in [0.1, 0.15) is 24.2 Å². The highest BCUT2D eigenvalue weighted by molar-refractivity contribution is 5.85. The summed E-state index contributed by atoms with van der Waals surface area (Å²) in [6.45, 7) is 1.88. The van der Waals surface area contributed by atoms with E-state index < -0.39 is 12.1 Å². The van der Waals surface area contributed by atoms with Gasteiger partial charge in [-0.15, -0.1) is 0 Å². The van der Waals surface area contributed by atoms with Crippen molar-refractivity contribution in [2.24, 2.45) is 5.92 Å². The number of carbonyl (C=O) groups is 2. The molecule has 228 valence electrons. The van der Waals surface area contributed by atoms with Crippen LogP contribution in [-0.2, 0) is 33.3 Å². The molecule has 1 aliphatic carbocycles. The summed E-state index contributed by atoms with van der Waals surface area (Å²) in [6, 6.07) is 9.61. The van der Waals surface area contributed by atoms with Gasteiger partial charge >= 0.3 is 5.97 Å². The Hall–Kier alpha value is -2.30. The van der Waals surface area contributed by atoms with Crippen LogP contribution in [-0.4, -0.2) is 74.2 Å². The molecule has 0 spiro atoms. The molecule has 1 saturated carbocycles. The van der Waals surface area contributed by atoms with Crippen molar-refractivity contribution in [1.29, 1.82) is 0 Å². The number of ether oxygens (including phenoxy) is 6. The second-order valence-corrected chi connectivity index (χ2v) is 11.1. The zero-order chi connectivity index (χ0) is 28.7. The number of para-hydroxylation sites is 1. The SMILES string of the molecule is O=C(O)CCCC/C=C/CC1C(=O)CC(OC2CCCCO2)C1OCC(COc1ccccc1)OC1CCCCO1. The second kappa shape index (κ2) is 17.6. The number of ketones is 1. The molecule has 9 heteroatoms. The van der Waals surface area contributed by atoms with E-state index in [1.807, 2.05) is 42.5 Å². The Bertz CT molecular complexity index is 924. The summed E-state index contributed by atoms with van der Waals surface area (Å²) in [5, 5.41) is 8.82. The van der Waals surface area contributed by atoms with E-state index in [0.29, 0.717) is 39.1 Å². The monoisotopic (exact) mass is 574 g/mol. The maximum Gasteiger partial charge on any atom is 0.303 e. The first-order valence-corrected chi connectivity index (χ1v) is 15.3. The molecule has 3 fully saturated rings. The van der Waals surface area contributed by atoms with Gasteiger partial charge in [0.25, 0.3) is 0 Å². The van der Waals surface area contributed by atoms with Gasteiger partial charge in [0, 0.05) is 26.1 Å². The fraction of sp³-hybridized carbons (Fsp3) is 0.688. The van der Waals surface area contributed by atoms with Gasteiger partial charge in [-0.05, 0) is 76.3 Å². The predicted molar refractivity (Wildman–Crippen MR) is 152 cm³/mol. The average Bonchev–Trinajstić information content (AvgIpc) is 3.28. The Balaban J connectivity index is 1.38. The third kappa shape index (κ3) is 11.1. The highest BCUT2D eigenvalue weighted by Crippen LogP contribution is 2.33. The third-order valence-electron chi connectivity index (χ3n) is 7.75. The first-order chi connectivity index (χ1) is 20.1. The topological polar surface area (TPSA) is 110 Å². The standard InChI is InChI=1S/C32H46O9/c33-27-21-28(41-31-18-10-12-20-37-31)32(26(27)15-7-2-1-3-8-16-29(34)35)39-23-25(40-30-17-9-11-19-36-30)22-38-24-13-5-4-6-14-24/h2,4-7,13-14,25-26,28,30-32H,1,3,8-12,15-23H2,(H,34,35)/b7-2+. The Morgan fingerprint density at radius 1 is 0.976 bits per heavy atom. The van der Waals surface area contributed by atoms with Crippen molar-refractivity contribution in [3.8, 4) is 5.75 Å². The molecular formula is C32H46O9. The van der Waals surface area contributed by atoms with Gasteiger partial charge in [0.2, 0.25) is 0 Å². The molecule has 2 aliphatic heterocycles. The number of hydrogen-bond donors (Lipinski definition) is 1. The molecule has 4 rings (SSSR count). The molecule has 9 nitrogen and oxygen atoms in total. The van der Waals surface area contributed by atoms with Gasteiger partial charge in [-0.25, -0.2) is 0 Å². The Labute approximate surface area is 243 Å². The van der Waals surface area contributed by atoms with Crippen LogP contribution in [0.3, 0.4) is 0 Å². The van der Waals surface area contributed by atoms with Gasteiger partial charge in [-0.2, -0.15) is 0 Å². The van der Waals surface area contributed by atoms with E-state index in [2.05, 4.69) is 0 Å². The molecule has 0 aromatic heterocycles. The molecule has 1 aromatic rings. The normalized spacial score (nSPS) is 27.7. The lowest BCUT2D eigenvalue weighted by Gasteiger charge is -2.32. The minimum Gasteiger partial charge on any atom is -0.491 e. The Morgan fingerprint density at radius 2 is 1.73 bits per heavy atom. The van der Waals surface area contributed by atoms with Crippen molar-refractivity contribution < 1.29 is 43.1 Å². The number of rotatable bonds is 17.